The topological polar surface area (TPSA) is 115 Å². The van der Waals surface area contributed by atoms with Gasteiger partial charge in [-0.25, -0.2) is 0 Å². The van der Waals surface area contributed by atoms with Gasteiger partial charge in [0.25, 0.3) is 0 Å². The number of halogens is 3. The Morgan fingerprint density at radius 2 is 0.604 bits per heavy atom. The van der Waals surface area contributed by atoms with Gasteiger partial charge in [-0.05, 0) is 92.1 Å². The molecule has 53 heavy (non-hydrogen) atoms. The van der Waals surface area contributed by atoms with E-state index >= 15 is 0 Å². The van der Waals surface area contributed by atoms with E-state index in [1.807, 2.05) is 36.7 Å². The summed E-state index contributed by atoms with van der Waals surface area (Å²) in [6, 6.07) is 13.9. The Morgan fingerprint density at radius 3 is 0.887 bits per heavy atom. The molecule has 6 atom stereocenters. The highest BCUT2D eigenvalue weighted by atomic mass is 79.9. The number of aliphatic imine (C=N–C) groups is 6. The fourth-order valence-electron chi connectivity index (χ4n) is 7.85. The zero-order valence-corrected chi connectivity index (χ0v) is 34.4. The third-order valence-corrected chi connectivity index (χ3v) is 12.1. The first-order valence-electron chi connectivity index (χ1n) is 18.8. The van der Waals surface area contributed by atoms with Crippen LogP contribution in [0.25, 0.3) is 0 Å². The molecule has 1 heterocycles. The van der Waals surface area contributed by atoms with Crippen LogP contribution in [-0.4, -0.2) is 83.8 Å². The van der Waals surface area contributed by atoms with Crippen molar-refractivity contribution in [3.8, 4) is 11.5 Å². The Bertz CT molecular complexity index is 1840. The SMILES string of the molecule is Oc1c2cc(Br)cc1C=NC1CCCCC1N=Cc1cc(Br)cc(c1O)C=NC1CCCCC1N=Cc1cc(Br)cc(c1)C=NC1CCCCC1N=C2. The van der Waals surface area contributed by atoms with E-state index in [-0.39, 0.29) is 47.8 Å². The number of aromatic hydroxyl groups is 2. The molecule has 7 rings (SSSR count). The van der Waals surface area contributed by atoms with Crippen molar-refractivity contribution < 1.29 is 10.2 Å². The van der Waals surface area contributed by atoms with Gasteiger partial charge >= 0.3 is 0 Å². The van der Waals surface area contributed by atoms with Crippen LogP contribution in [0, 0.1) is 0 Å². The maximum atomic E-state index is 11.4. The van der Waals surface area contributed by atoms with Crippen molar-refractivity contribution in [2.45, 2.75) is 113 Å². The van der Waals surface area contributed by atoms with Gasteiger partial charge in [0, 0.05) is 73.0 Å². The Morgan fingerprint density at radius 1 is 0.358 bits per heavy atom. The maximum Gasteiger partial charge on any atom is 0.133 e. The van der Waals surface area contributed by atoms with Gasteiger partial charge in [0.1, 0.15) is 11.5 Å². The fraction of sp³-hybridized carbons (Fsp3) is 0.429. The van der Waals surface area contributed by atoms with Crippen LogP contribution in [-0.2, 0) is 0 Å². The van der Waals surface area contributed by atoms with E-state index in [2.05, 4.69) is 66.0 Å². The van der Waals surface area contributed by atoms with Crippen molar-refractivity contribution in [1.82, 2.24) is 0 Å². The van der Waals surface area contributed by atoms with Crippen LogP contribution >= 0.6 is 47.8 Å². The molecule has 6 unspecified atom stereocenters. The van der Waals surface area contributed by atoms with Crippen molar-refractivity contribution in [3.05, 3.63) is 89.3 Å². The van der Waals surface area contributed by atoms with E-state index in [1.54, 1.807) is 24.9 Å². The zero-order chi connectivity index (χ0) is 36.7. The van der Waals surface area contributed by atoms with Crippen molar-refractivity contribution in [1.29, 1.82) is 0 Å². The second-order valence-corrected chi connectivity index (χ2v) is 17.4. The monoisotopic (exact) mass is 902 g/mol. The van der Waals surface area contributed by atoms with Crippen LogP contribution in [0.3, 0.4) is 0 Å². The quantitative estimate of drug-likeness (QED) is 0.234. The van der Waals surface area contributed by atoms with Crippen molar-refractivity contribution in [2.75, 3.05) is 0 Å². The summed E-state index contributed by atoms with van der Waals surface area (Å²) in [6.45, 7) is 0. The van der Waals surface area contributed by atoms with Gasteiger partial charge in [0.05, 0.1) is 36.3 Å². The average molecular weight is 906 g/mol. The van der Waals surface area contributed by atoms with E-state index in [0.717, 1.165) is 102 Å². The molecular weight excluding hydrogens is 860 g/mol. The first kappa shape index (κ1) is 38.0. The van der Waals surface area contributed by atoms with Crippen LogP contribution in [0.1, 0.15) is 110 Å². The first-order chi connectivity index (χ1) is 25.8. The lowest BCUT2D eigenvalue weighted by Crippen LogP contribution is -2.27. The summed E-state index contributed by atoms with van der Waals surface area (Å²) in [5.74, 6) is 0.308. The molecular formula is C42H45Br3N6O2. The molecule has 3 saturated carbocycles. The number of phenolic OH excluding ortho intramolecular Hbond substituents is 2. The molecule has 8 nitrogen and oxygen atoms in total. The van der Waals surface area contributed by atoms with Crippen LogP contribution in [0.15, 0.2) is 85.8 Å². The molecule has 0 saturated heterocycles. The average Bonchev–Trinajstić information content (AvgIpc) is 3.16. The predicted octanol–water partition coefficient (Wildman–Crippen LogP) is 10.2. The summed E-state index contributed by atoms with van der Waals surface area (Å²) in [6.07, 6.45) is 23.3. The van der Waals surface area contributed by atoms with Crippen molar-refractivity contribution >= 4 is 85.1 Å². The number of fused-ring (bicyclic) bond motifs is 9. The molecule has 3 aromatic carbocycles. The summed E-state index contributed by atoms with van der Waals surface area (Å²) in [5.41, 5.74) is 4.56. The van der Waals surface area contributed by atoms with E-state index < -0.39 is 0 Å². The van der Waals surface area contributed by atoms with Gasteiger partial charge in [0.2, 0.25) is 0 Å². The largest absolute Gasteiger partial charge is 0.507 e. The molecule has 6 bridgehead atoms. The van der Waals surface area contributed by atoms with E-state index in [9.17, 15) is 10.2 Å². The molecule has 4 aliphatic rings. The molecule has 0 aromatic heterocycles. The van der Waals surface area contributed by atoms with Gasteiger partial charge in [-0.3, -0.25) is 30.0 Å². The highest BCUT2D eigenvalue weighted by Gasteiger charge is 2.26. The van der Waals surface area contributed by atoms with Crippen molar-refractivity contribution in [3.63, 3.8) is 0 Å². The number of hydrogen-bond donors (Lipinski definition) is 2. The van der Waals surface area contributed by atoms with Crippen LogP contribution in [0.4, 0.5) is 0 Å². The summed E-state index contributed by atoms with van der Waals surface area (Å²) < 4.78 is 2.66. The molecule has 0 radical (unpaired) electrons. The van der Waals surface area contributed by atoms with E-state index in [0.29, 0.717) is 22.3 Å². The summed E-state index contributed by atoms with van der Waals surface area (Å²) in [5, 5.41) is 22.8. The molecule has 0 spiro atoms. The molecule has 2 N–H and O–H groups in total. The molecule has 276 valence electrons. The van der Waals surface area contributed by atoms with Gasteiger partial charge < -0.3 is 10.2 Å². The van der Waals surface area contributed by atoms with Gasteiger partial charge in [0.15, 0.2) is 0 Å². The lowest BCUT2D eigenvalue weighted by Gasteiger charge is -2.26. The highest BCUT2D eigenvalue weighted by molar-refractivity contribution is 9.11. The molecule has 3 aliphatic carbocycles. The predicted molar refractivity (Wildman–Crippen MR) is 229 cm³/mol. The Hall–Kier alpha value is -3.28. The summed E-state index contributed by atoms with van der Waals surface area (Å²) in [7, 11) is 0. The van der Waals surface area contributed by atoms with E-state index in [1.165, 1.54) is 0 Å². The first-order valence-corrected chi connectivity index (χ1v) is 21.2. The maximum absolute atomic E-state index is 11.4. The number of nitrogens with zero attached hydrogens (tertiary/aromatic N) is 6. The minimum atomic E-state index is -0.0427. The molecule has 1 aliphatic heterocycles. The molecule has 11 heteroatoms. The minimum absolute atomic E-state index is 0.0243. The number of benzene rings is 3. The smallest absolute Gasteiger partial charge is 0.133 e. The van der Waals surface area contributed by atoms with E-state index in [4.69, 9.17) is 30.0 Å². The van der Waals surface area contributed by atoms with Gasteiger partial charge in [-0.1, -0.05) is 86.3 Å². The number of hydrogen-bond acceptors (Lipinski definition) is 8. The lowest BCUT2D eigenvalue weighted by atomic mass is 9.91. The summed E-state index contributed by atoms with van der Waals surface area (Å²) in [4.78, 5) is 30.1. The summed E-state index contributed by atoms with van der Waals surface area (Å²) >= 11 is 11.0. The Labute approximate surface area is 337 Å². The van der Waals surface area contributed by atoms with Gasteiger partial charge in [-0.15, -0.1) is 0 Å². The van der Waals surface area contributed by atoms with Crippen LogP contribution < -0.4 is 0 Å². The van der Waals surface area contributed by atoms with Gasteiger partial charge in [-0.2, -0.15) is 0 Å². The second-order valence-electron chi connectivity index (χ2n) is 14.6. The second kappa shape index (κ2) is 17.9. The minimum Gasteiger partial charge on any atom is -0.507 e. The van der Waals surface area contributed by atoms with Crippen molar-refractivity contribution in [2.24, 2.45) is 30.0 Å². The fourth-order valence-corrected chi connectivity index (χ4v) is 9.36. The number of phenols is 2. The standard InChI is InChI=1S/C42H45Br3N6O2/c43-32-14-26-13-27(15-32)21-47-36-8-2-4-10-38(36)49-23-29-17-34(45)19-31(42(29)53)25-51-40-12-6-5-11-39(40)50-24-30-18-33(44)16-28(41(30)52)22-48-37-9-3-1-7-35(37)46-20-26/h13-25,35-40,52-53H,1-12H2. The Balaban J connectivity index is 1.27. The molecule has 0 amide bonds. The normalized spacial score (nSPS) is 26.3. The zero-order valence-electron chi connectivity index (χ0n) is 29.7. The third-order valence-electron chi connectivity index (χ3n) is 10.7. The lowest BCUT2D eigenvalue weighted by molar-refractivity contribution is 0.389. The number of rotatable bonds is 0. The molecule has 3 fully saturated rings. The molecule has 3 aromatic rings. The highest BCUT2D eigenvalue weighted by Crippen LogP contribution is 2.31. The van der Waals surface area contributed by atoms with Crippen LogP contribution in [0.5, 0.6) is 11.5 Å². The third kappa shape index (κ3) is 9.89. The Kier molecular flexibility index (Phi) is 12.8. The van der Waals surface area contributed by atoms with Crippen LogP contribution in [0.2, 0.25) is 0 Å².